The Labute approximate surface area is 137 Å². The average Bonchev–Trinajstić information content (AvgIpc) is 2.90. The quantitative estimate of drug-likeness (QED) is 0.815. The first-order chi connectivity index (χ1) is 10.9. The lowest BCUT2D eigenvalue weighted by molar-refractivity contribution is -0.129. The Morgan fingerprint density at radius 2 is 2.22 bits per heavy atom. The molecule has 1 saturated heterocycles. The molecular formula is C16H24N2O4S. The molecule has 0 radical (unpaired) electrons. The lowest BCUT2D eigenvalue weighted by atomic mass is 10.2. The maximum atomic E-state index is 12.2. The molecular weight excluding hydrogens is 316 g/mol. The summed E-state index contributed by atoms with van der Waals surface area (Å²) >= 11 is 0. The summed E-state index contributed by atoms with van der Waals surface area (Å²) in [6.45, 7) is 2.82. The lowest BCUT2D eigenvalue weighted by Gasteiger charge is -2.23. The molecule has 0 saturated carbocycles. The predicted molar refractivity (Wildman–Crippen MR) is 90.5 cm³/mol. The van der Waals surface area contributed by atoms with Gasteiger partial charge in [0.25, 0.3) is 0 Å². The Kier molecular flexibility index (Phi) is 5.87. The third-order valence-electron chi connectivity index (χ3n) is 3.90. The van der Waals surface area contributed by atoms with Crippen molar-refractivity contribution in [1.29, 1.82) is 0 Å². The van der Waals surface area contributed by atoms with E-state index in [2.05, 4.69) is 5.32 Å². The highest BCUT2D eigenvalue weighted by molar-refractivity contribution is 7.91. The topological polar surface area (TPSA) is 75.7 Å². The van der Waals surface area contributed by atoms with Gasteiger partial charge in [-0.25, -0.2) is 8.42 Å². The van der Waals surface area contributed by atoms with Crippen LogP contribution in [0.25, 0.3) is 0 Å². The number of nitrogens with zero attached hydrogens (tertiary/aromatic N) is 1. The molecule has 128 valence electrons. The highest BCUT2D eigenvalue weighted by atomic mass is 32.2. The van der Waals surface area contributed by atoms with Crippen LogP contribution in [0.15, 0.2) is 24.3 Å². The van der Waals surface area contributed by atoms with Crippen molar-refractivity contribution in [3.05, 3.63) is 24.3 Å². The molecule has 23 heavy (non-hydrogen) atoms. The van der Waals surface area contributed by atoms with Gasteiger partial charge in [0.15, 0.2) is 9.84 Å². The number of nitrogens with one attached hydrogen (secondary N) is 1. The predicted octanol–water partition coefficient (Wildman–Crippen LogP) is 1.53. The minimum Gasteiger partial charge on any atom is -0.494 e. The first-order valence-corrected chi connectivity index (χ1v) is 9.66. The molecule has 1 aromatic rings. The van der Waals surface area contributed by atoms with Gasteiger partial charge in [0.1, 0.15) is 5.75 Å². The normalized spacial score (nSPS) is 19.3. The van der Waals surface area contributed by atoms with Crippen molar-refractivity contribution in [2.75, 3.05) is 37.0 Å². The van der Waals surface area contributed by atoms with Crippen molar-refractivity contribution >= 4 is 21.4 Å². The maximum Gasteiger partial charge on any atom is 0.241 e. The van der Waals surface area contributed by atoms with E-state index < -0.39 is 9.84 Å². The van der Waals surface area contributed by atoms with Crippen LogP contribution in [0, 0.1) is 0 Å². The van der Waals surface area contributed by atoms with Crippen molar-refractivity contribution in [2.24, 2.45) is 0 Å². The van der Waals surface area contributed by atoms with Crippen LogP contribution in [0.1, 0.15) is 19.8 Å². The van der Waals surface area contributed by atoms with E-state index in [1.54, 1.807) is 7.05 Å². The first-order valence-electron chi connectivity index (χ1n) is 7.84. The van der Waals surface area contributed by atoms with Crippen LogP contribution >= 0.6 is 0 Å². The number of carbonyl (C=O) groups is 1. The van der Waals surface area contributed by atoms with Crippen LogP contribution in [0.3, 0.4) is 0 Å². The maximum absolute atomic E-state index is 12.2. The van der Waals surface area contributed by atoms with Crippen LogP contribution in [-0.4, -0.2) is 57.0 Å². The molecule has 1 aromatic carbocycles. The van der Waals surface area contributed by atoms with E-state index >= 15 is 0 Å². The number of hydrogen-bond donors (Lipinski definition) is 1. The zero-order chi connectivity index (χ0) is 16.9. The van der Waals surface area contributed by atoms with Crippen LogP contribution in [0.4, 0.5) is 5.69 Å². The van der Waals surface area contributed by atoms with Gasteiger partial charge in [0, 0.05) is 24.8 Å². The summed E-state index contributed by atoms with van der Waals surface area (Å²) in [6, 6.07) is 7.24. The molecule has 0 unspecified atom stereocenters. The fourth-order valence-corrected chi connectivity index (χ4v) is 4.28. The van der Waals surface area contributed by atoms with Crippen molar-refractivity contribution in [1.82, 2.24) is 4.90 Å². The first kappa shape index (κ1) is 17.6. The second kappa shape index (κ2) is 7.68. The van der Waals surface area contributed by atoms with Gasteiger partial charge in [-0.3, -0.25) is 4.79 Å². The molecule has 1 atom stereocenters. The molecule has 1 N–H and O–H groups in total. The summed E-state index contributed by atoms with van der Waals surface area (Å²) in [5, 5.41) is 3.07. The van der Waals surface area contributed by atoms with Crippen molar-refractivity contribution in [2.45, 2.75) is 25.8 Å². The number of anilines is 1. The molecule has 1 fully saturated rings. The van der Waals surface area contributed by atoms with E-state index in [0.717, 1.165) is 17.9 Å². The SMILES string of the molecule is CCCOc1cccc(NCC(=O)N(C)[C@@H]2CCS(=O)(=O)C2)c1. The second-order valence-electron chi connectivity index (χ2n) is 5.79. The summed E-state index contributed by atoms with van der Waals surface area (Å²) in [5.41, 5.74) is 0.805. The van der Waals surface area contributed by atoms with Crippen molar-refractivity contribution in [3.8, 4) is 5.75 Å². The molecule has 7 heteroatoms. The molecule has 0 spiro atoms. The molecule has 1 amide bonds. The molecule has 6 nitrogen and oxygen atoms in total. The number of ether oxygens (including phenoxy) is 1. The highest BCUT2D eigenvalue weighted by Gasteiger charge is 2.32. The van der Waals surface area contributed by atoms with Crippen molar-refractivity contribution < 1.29 is 17.9 Å². The smallest absolute Gasteiger partial charge is 0.241 e. The fourth-order valence-electron chi connectivity index (χ4n) is 2.50. The molecule has 1 aliphatic heterocycles. The van der Waals surface area contributed by atoms with Gasteiger partial charge in [-0.2, -0.15) is 0 Å². The molecule has 0 aliphatic carbocycles. The molecule has 1 aliphatic rings. The van der Waals surface area contributed by atoms with Gasteiger partial charge in [0.2, 0.25) is 5.91 Å². The van der Waals surface area contributed by atoms with Crippen LogP contribution < -0.4 is 10.1 Å². The van der Waals surface area contributed by atoms with Gasteiger partial charge >= 0.3 is 0 Å². The molecule has 2 rings (SSSR count). The molecule has 1 heterocycles. The Bertz CT molecular complexity index is 645. The van der Waals surface area contributed by atoms with Crippen LogP contribution in [-0.2, 0) is 14.6 Å². The highest BCUT2D eigenvalue weighted by Crippen LogP contribution is 2.19. The zero-order valence-electron chi connectivity index (χ0n) is 13.6. The number of likely N-dealkylation sites (N-methyl/N-ethyl adjacent to an activating group) is 1. The fraction of sp³-hybridized carbons (Fsp3) is 0.562. The van der Waals surface area contributed by atoms with Crippen molar-refractivity contribution in [3.63, 3.8) is 0 Å². The Hall–Kier alpha value is -1.76. The summed E-state index contributed by atoms with van der Waals surface area (Å²) in [4.78, 5) is 13.7. The Morgan fingerprint density at radius 1 is 1.43 bits per heavy atom. The minimum atomic E-state index is -2.99. The number of carbonyl (C=O) groups excluding carboxylic acids is 1. The minimum absolute atomic E-state index is 0.0651. The van der Waals surface area contributed by atoms with E-state index in [1.807, 2.05) is 31.2 Å². The third-order valence-corrected chi connectivity index (χ3v) is 5.65. The van der Waals surface area contributed by atoms with E-state index in [0.29, 0.717) is 13.0 Å². The molecule has 0 aromatic heterocycles. The number of amides is 1. The monoisotopic (exact) mass is 340 g/mol. The van der Waals surface area contributed by atoms with Gasteiger partial charge < -0.3 is 15.0 Å². The lowest BCUT2D eigenvalue weighted by Crippen LogP contribution is -2.40. The summed E-state index contributed by atoms with van der Waals surface area (Å²) in [6.07, 6.45) is 1.45. The van der Waals surface area contributed by atoms with E-state index in [-0.39, 0.29) is 30.0 Å². The standard InChI is InChI=1S/C16H24N2O4S/c1-3-8-22-15-6-4-5-13(10-15)17-11-16(19)18(2)14-7-9-23(20,21)12-14/h4-6,10,14,17H,3,7-9,11-12H2,1-2H3/t14-/m1/s1. The number of rotatable bonds is 7. The Morgan fingerprint density at radius 3 is 2.87 bits per heavy atom. The third kappa shape index (κ3) is 5.13. The average molecular weight is 340 g/mol. The largest absolute Gasteiger partial charge is 0.494 e. The number of sulfone groups is 1. The van der Waals surface area contributed by atoms with E-state index in [9.17, 15) is 13.2 Å². The molecule has 0 bridgehead atoms. The van der Waals surface area contributed by atoms with Gasteiger partial charge in [-0.1, -0.05) is 13.0 Å². The summed E-state index contributed by atoms with van der Waals surface area (Å²) in [7, 11) is -1.32. The Balaban J connectivity index is 1.86. The van der Waals surface area contributed by atoms with Gasteiger partial charge in [0.05, 0.1) is 24.7 Å². The number of hydrogen-bond acceptors (Lipinski definition) is 5. The van der Waals surface area contributed by atoms with E-state index in [1.165, 1.54) is 4.90 Å². The number of benzene rings is 1. The van der Waals surface area contributed by atoms with E-state index in [4.69, 9.17) is 4.74 Å². The second-order valence-corrected chi connectivity index (χ2v) is 8.02. The van der Waals surface area contributed by atoms with Gasteiger partial charge in [-0.15, -0.1) is 0 Å². The van der Waals surface area contributed by atoms with Gasteiger partial charge in [-0.05, 0) is 25.0 Å². The van der Waals surface area contributed by atoms with Crippen LogP contribution in [0.5, 0.6) is 5.75 Å². The van der Waals surface area contributed by atoms with Crippen LogP contribution in [0.2, 0.25) is 0 Å². The summed E-state index contributed by atoms with van der Waals surface area (Å²) in [5.74, 6) is 0.876. The zero-order valence-corrected chi connectivity index (χ0v) is 14.4. The summed E-state index contributed by atoms with van der Waals surface area (Å²) < 4.78 is 28.6.